The van der Waals surface area contributed by atoms with E-state index >= 15 is 0 Å². The van der Waals surface area contributed by atoms with Crippen LogP contribution in [0.3, 0.4) is 0 Å². The normalized spacial score (nSPS) is 14.2. The van der Waals surface area contributed by atoms with Gasteiger partial charge >= 0.3 is 0 Å². The molecule has 3 nitrogen and oxygen atoms in total. The van der Waals surface area contributed by atoms with Crippen LogP contribution in [0.15, 0.2) is 40.9 Å². The highest BCUT2D eigenvalue weighted by molar-refractivity contribution is 9.10. The Labute approximate surface area is 137 Å². The van der Waals surface area contributed by atoms with Gasteiger partial charge in [-0.3, -0.25) is 0 Å². The van der Waals surface area contributed by atoms with Crippen LogP contribution in [0.2, 0.25) is 5.02 Å². The van der Waals surface area contributed by atoms with E-state index in [-0.39, 0.29) is 12.8 Å². The predicted octanol–water partition coefficient (Wildman–Crippen LogP) is 4.68. The molecule has 3 rings (SSSR count). The number of rotatable bonds is 4. The molecular weight excluding hydrogens is 354 g/mol. The molecule has 0 amide bonds. The molecule has 110 valence electrons. The molecule has 1 aliphatic rings. The second-order valence-corrected chi connectivity index (χ2v) is 6.26. The monoisotopic (exact) mass is 367 g/mol. The van der Waals surface area contributed by atoms with E-state index < -0.39 is 0 Å². The van der Waals surface area contributed by atoms with E-state index in [4.69, 9.17) is 21.1 Å². The lowest BCUT2D eigenvalue weighted by atomic mass is 10.1. The van der Waals surface area contributed by atoms with Crippen molar-refractivity contribution in [1.29, 1.82) is 0 Å². The van der Waals surface area contributed by atoms with Crippen LogP contribution in [-0.4, -0.2) is 6.79 Å². The maximum absolute atomic E-state index is 5.91. The molecule has 1 aliphatic heterocycles. The average Bonchev–Trinajstić information content (AvgIpc) is 2.94. The highest BCUT2D eigenvalue weighted by atomic mass is 79.9. The van der Waals surface area contributed by atoms with Crippen molar-refractivity contribution >= 4 is 27.5 Å². The summed E-state index contributed by atoms with van der Waals surface area (Å²) in [4.78, 5) is 0. The van der Waals surface area contributed by atoms with Crippen molar-refractivity contribution in [1.82, 2.24) is 5.32 Å². The quantitative estimate of drug-likeness (QED) is 0.850. The summed E-state index contributed by atoms with van der Waals surface area (Å²) in [5.41, 5.74) is 2.35. The fraction of sp³-hybridized carbons (Fsp3) is 0.250. The molecule has 0 aliphatic carbocycles. The van der Waals surface area contributed by atoms with Gasteiger partial charge in [0.05, 0.1) is 4.47 Å². The highest BCUT2D eigenvalue weighted by Gasteiger charge is 2.18. The van der Waals surface area contributed by atoms with Gasteiger partial charge in [-0.25, -0.2) is 0 Å². The molecule has 1 atom stereocenters. The van der Waals surface area contributed by atoms with Crippen LogP contribution in [0.5, 0.6) is 11.5 Å². The van der Waals surface area contributed by atoms with Gasteiger partial charge < -0.3 is 14.8 Å². The molecule has 5 heteroatoms. The lowest BCUT2D eigenvalue weighted by molar-refractivity contribution is 0.173. The minimum atomic E-state index is 0.242. The van der Waals surface area contributed by atoms with Crippen LogP contribution in [0.1, 0.15) is 24.1 Å². The van der Waals surface area contributed by atoms with E-state index in [1.165, 1.54) is 5.56 Å². The van der Waals surface area contributed by atoms with Gasteiger partial charge in [-0.05, 0) is 58.2 Å². The molecule has 1 heterocycles. The molecule has 21 heavy (non-hydrogen) atoms. The second kappa shape index (κ2) is 6.26. The van der Waals surface area contributed by atoms with E-state index in [1.807, 2.05) is 30.3 Å². The van der Waals surface area contributed by atoms with Gasteiger partial charge in [-0.2, -0.15) is 0 Å². The molecular formula is C16H15BrClNO2. The van der Waals surface area contributed by atoms with E-state index in [1.54, 1.807) is 0 Å². The van der Waals surface area contributed by atoms with Crippen LogP contribution in [-0.2, 0) is 6.54 Å². The Morgan fingerprint density at radius 2 is 2.00 bits per heavy atom. The lowest BCUT2D eigenvalue weighted by Crippen LogP contribution is -2.18. The van der Waals surface area contributed by atoms with Gasteiger partial charge in [-0.15, -0.1) is 0 Å². The number of ether oxygens (including phenoxy) is 2. The Hall–Kier alpha value is -1.23. The molecule has 0 saturated heterocycles. The minimum absolute atomic E-state index is 0.242. The number of nitrogens with one attached hydrogen (secondary N) is 1. The first-order valence-corrected chi connectivity index (χ1v) is 7.87. The summed E-state index contributed by atoms with van der Waals surface area (Å²) in [5, 5.41) is 4.25. The van der Waals surface area contributed by atoms with Gasteiger partial charge in [0.25, 0.3) is 0 Å². The van der Waals surface area contributed by atoms with E-state index in [2.05, 4.69) is 34.2 Å². The van der Waals surface area contributed by atoms with Crippen molar-refractivity contribution in [3.05, 3.63) is 57.0 Å². The van der Waals surface area contributed by atoms with Crippen molar-refractivity contribution in [2.24, 2.45) is 0 Å². The van der Waals surface area contributed by atoms with Crippen molar-refractivity contribution in [3.63, 3.8) is 0 Å². The first-order valence-electron chi connectivity index (χ1n) is 6.70. The average molecular weight is 369 g/mol. The number of fused-ring (bicyclic) bond motifs is 1. The molecule has 0 fully saturated rings. The van der Waals surface area contributed by atoms with Gasteiger partial charge in [0.15, 0.2) is 11.5 Å². The maximum Gasteiger partial charge on any atom is 0.231 e. The zero-order valence-corrected chi connectivity index (χ0v) is 13.9. The molecule has 1 N–H and O–H groups in total. The Kier molecular flexibility index (Phi) is 4.38. The Morgan fingerprint density at radius 1 is 1.24 bits per heavy atom. The molecule has 0 saturated carbocycles. The fourth-order valence-electron chi connectivity index (χ4n) is 2.26. The summed E-state index contributed by atoms with van der Waals surface area (Å²) >= 11 is 9.42. The number of halogens is 2. The zero-order chi connectivity index (χ0) is 14.8. The summed E-state index contributed by atoms with van der Waals surface area (Å²) < 4.78 is 11.7. The highest BCUT2D eigenvalue weighted by Crippen LogP contribution is 2.40. The molecule has 0 radical (unpaired) electrons. The topological polar surface area (TPSA) is 30.5 Å². The molecule has 2 aromatic rings. The summed E-state index contributed by atoms with van der Waals surface area (Å²) in [6, 6.07) is 12.2. The van der Waals surface area contributed by atoms with Crippen molar-refractivity contribution in [2.45, 2.75) is 19.5 Å². The van der Waals surface area contributed by atoms with Crippen LogP contribution in [0.25, 0.3) is 0 Å². The van der Waals surface area contributed by atoms with Gasteiger partial charge in [0.2, 0.25) is 6.79 Å². The number of hydrogen-bond acceptors (Lipinski definition) is 3. The molecule has 2 aromatic carbocycles. The zero-order valence-electron chi connectivity index (χ0n) is 11.5. The second-order valence-electron chi connectivity index (χ2n) is 4.97. The van der Waals surface area contributed by atoms with Crippen molar-refractivity contribution in [3.8, 4) is 11.5 Å². The lowest BCUT2D eigenvalue weighted by Gasteiger charge is -2.15. The summed E-state index contributed by atoms with van der Waals surface area (Å²) in [6.45, 7) is 3.16. The fourth-order valence-corrected chi connectivity index (χ4v) is 2.99. The Bertz CT molecular complexity index is 645. The maximum atomic E-state index is 5.91. The van der Waals surface area contributed by atoms with Gasteiger partial charge in [0.1, 0.15) is 0 Å². The SMILES string of the molecule is CC(NCc1cc(Br)c2c(c1)OCO2)c1ccc(Cl)cc1. The Morgan fingerprint density at radius 3 is 2.76 bits per heavy atom. The van der Waals surface area contributed by atoms with E-state index in [9.17, 15) is 0 Å². The molecule has 0 spiro atoms. The summed E-state index contributed by atoms with van der Waals surface area (Å²) in [7, 11) is 0. The number of hydrogen-bond donors (Lipinski definition) is 1. The van der Waals surface area contributed by atoms with Crippen molar-refractivity contribution in [2.75, 3.05) is 6.79 Å². The summed E-state index contributed by atoms with van der Waals surface area (Å²) in [6.07, 6.45) is 0. The van der Waals surface area contributed by atoms with E-state index in [0.29, 0.717) is 0 Å². The third-order valence-corrected chi connectivity index (χ3v) is 4.31. The molecule has 1 unspecified atom stereocenters. The molecule has 0 aromatic heterocycles. The third-order valence-electron chi connectivity index (χ3n) is 3.47. The van der Waals surface area contributed by atoms with Crippen LogP contribution >= 0.6 is 27.5 Å². The smallest absolute Gasteiger partial charge is 0.231 e. The predicted molar refractivity (Wildman–Crippen MR) is 87.0 cm³/mol. The van der Waals surface area contributed by atoms with Crippen molar-refractivity contribution < 1.29 is 9.47 Å². The first-order chi connectivity index (χ1) is 10.1. The van der Waals surface area contributed by atoms with Crippen LogP contribution < -0.4 is 14.8 Å². The van der Waals surface area contributed by atoms with Crippen LogP contribution in [0.4, 0.5) is 0 Å². The largest absolute Gasteiger partial charge is 0.454 e. The minimum Gasteiger partial charge on any atom is -0.454 e. The van der Waals surface area contributed by atoms with Crippen LogP contribution in [0, 0.1) is 0 Å². The Balaban J connectivity index is 1.67. The van der Waals surface area contributed by atoms with Gasteiger partial charge in [-0.1, -0.05) is 23.7 Å². The number of benzene rings is 2. The first kappa shape index (κ1) is 14.7. The van der Waals surface area contributed by atoms with Gasteiger partial charge in [0, 0.05) is 17.6 Å². The van der Waals surface area contributed by atoms with E-state index in [0.717, 1.165) is 33.1 Å². The molecule has 0 bridgehead atoms. The standard InChI is InChI=1S/C16H15BrClNO2/c1-10(12-2-4-13(18)5-3-12)19-8-11-6-14(17)16-15(7-11)20-9-21-16/h2-7,10,19H,8-9H2,1H3. The summed E-state index contributed by atoms with van der Waals surface area (Å²) in [5.74, 6) is 1.57. The third kappa shape index (κ3) is 3.34.